The number of sulfonamides is 1. The second-order valence-corrected chi connectivity index (χ2v) is 7.41. The van der Waals surface area contributed by atoms with Gasteiger partial charge in [-0.15, -0.1) is 12.4 Å². The van der Waals surface area contributed by atoms with E-state index in [1.165, 1.54) is 28.6 Å². The SMILES string of the molecule is Cl.O=S(=O)(c1ccc(F)cc1)N1CCC2(CCNC2)C1. The number of nitrogens with zero attached hydrogens (tertiary/aromatic N) is 1. The van der Waals surface area contributed by atoms with Crippen LogP contribution in [0.4, 0.5) is 4.39 Å². The van der Waals surface area contributed by atoms with Crippen molar-refractivity contribution in [1.82, 2.24) is 9.62 Å². The van der Waals surface area contributed by atoms with Gasteiger partial charge in [-0.1, -0.05) is 0 Å². The quantitative estimate of drug-likeness (QED) is 0.901. The molecule has 0 radical (unpaired) electrons. The lowest BCUT2D eigenvalue weighted by Crippen LogP contribution is -2.33. The first kappa shape index (κ1) is 15.7. The Morgan fingerprint density at radius 2 is 1.90 bits per heavy atom. The zero-order valence-electron chi connectivity index (χ0n) is 11.0. The van der Waals surface area contributed by atoms with Crippen molar-refractivity contribution in [2.45, 2.75) is 17.7 Å². The molecule has 1 aromatic rings. The summed E-state index contributed by atoms with van der Waals surface area (Å²) in [6, 6.07) is 5.05. The lowest BCUT2D eigenvalue weighted by molar-refractivity contribution is 0.338. The molecule has 2 aliphatic rings. The van der Waals surface area contributed by atoms with Crippen molar-refractivity contribution in [3.05, 3.63) is 30.1 Å². The Kier molecular flexibility index (Phi) is 4.39. The number of hydrogen-bond acceptors (Lipinski definition) is 3. The molecule has 2 fully saturated rings. The first-order valence-electron chi connectivity index (χ1n) is 6.48. The van der Waals surface area contributed by atoms with E-state index in [0.717, 1.165) is 25.9 Å². The molecule has 2 heterocycles. The van der Waals surface area contributed by atoms with Gasteiger partial charge in [-0.05, 0) is 49.1 Å². The zero-order valence-corrected chi connectivity index (χ0v) is 12.6. The zero-order chi connectivity index (χ0) is 13.5. The third-order valence-corrected chi connectivity index (χ3v) is 6.05. The lowest BCUT2D eigenvalue weighted by atomic mass is 9.87. The maximum Gasteiger partial charge on any atom is 0.243 e. The average molecular weight is 321 g/mol. The Morgan fingerprint density at radius 3 is 2.50 bits per heavy atom. The van der Waals surface area contributed by atoms with Crippen molar-refractivity contribution < 1.29 is 12.8 Å². The van der Waals surface area contributed by atoms with Gasteiger partial charge in [0.05, 0.1) is 4.90 Å². The molecule has 0 aromatic heterocycles. The minimum atomic E-state index is -3.48. The van der Waals surface area contributed by atoms with Crippen LogP contribution in [0.25, 0.3) is 0 Å². The summed E-state index contributed by atoms with van der Waals surface area (Å²) < 4.78 is 39.3. The topological polar surface area (TPSA) is 49.4 Å². The second-order valence-electron chi connectivity index (χ2n) is 5.47. The van der Waals surface area contributed by atoms with Crippen LogP contribution in [0, 0.1) is 11.2 Å². The molecular formula is C13H18ClFN2O2S. The summed E-state index contributed by atoms with van der Waals surface area (Å²) in [4.78, 5) is 0.178. The average Bonchev–Trinajstić information content (AvgIpc) is 3.01. The van der Waals surface area contributed by atoms with Crippen molar-refractivity contribution in [3.8, 4) is 0 Å². The predicted molar refractivity (Wildman–Crippen MR) is 76.9 cm³/mol. The highest BCUT2D eigenvalue weighted by Crippen LogP contribution is 2.38. The number of benzene rings is 1. The highest BCUT2D eigenvalue weighted by atomic mass is 35.5. The molecule has 1 aromatic carbocycles. The van der Waals surface area contributed by atoms with Crippen LogP contribution in [0.5, 0.6) is 0 Å². The first-order valence-corrected chi connectivity index (χ1v) is 7.92. The van der Waals surface area contributed by atoms with E-state index in [4.69, 9.17) is 0 Å². The van der Waals surface area contributed by atoms with Crippen molar-refractivity contribution in [2.24, 2.45) is 5.41 Å². The van der Waals surface area contributed by atoms with Gasteiger partial charge >= 0.3 is 0 Å². The molecule has 4 nitrogen and oxygen atoms in total. The molecule has 0 saturated carbocycles. The van der Waals surface area contributed by atoms with Crippen LogP contribution < -0.4 is 5.32 Å². The molecular weight excluding hydrogens is 303 g/mol. The van der Waals surface area contributed by atoms with Gasteiger partial charge < -0.3 is 5.32 Å². The Morgan fingerprint density at radius 1 is 1.20 bits per heavy atom. The first-order chi connectivity index (χ1) is 9.02. The molecule has 0 aliphatic carbocycles. The van der Waals surface area contributed by atoms with Gasteiger partial charge in [0.1, 0.15) is 5.82 Å². The minimum absolute atomic E-state index is 0. The van der Waals surface area contributed by atoms with Crippen molar-refractivity contribution >= 4 is 22.4 Å². The highest BCUT2D eigenvalue weighted by Gasteiger charge is 2.44. The monoisotopic (exact) mass is 320 g/mol. The number of rotatable bonds is 2. The molecule has 1 unspecified atom stereocenters. The molecule has 1 spiro atoms. The Bertz CT molecular complexity index is 571. The summed E-state index contributed by atoms with van der Waals surface area (Å²) in [5.74, 6) is -0.420. The third kappa shape index (κ3) is 2.70. The van der Waals surface area contributed by atoms with Crippen LogP contribution in [0.3, 0.4) is 0 Å². The Balaban J connectivity index is 0.00000147. The molecule has 20 heavy (non-hydrogen) atoms. The maximum absolute atomic E-state index is 12.9. The van der Waals surface area contributed by atoms with E-state index in [1.807, 2.05) is 0 Å². The minimum Gasteiger partial charge on any atom is -0.316 e. The number of hydrogen-bond donors (Lipinski definition) is 1. The van der Waals surface area contributed by atoms with Crippen LogP contribution >= 0.6 is 12.4 Å². The molecule has 3 rings (SSSR count). The largest absolute Gasteiger partial charge is 0.316 e. The lowest BCUT2D eigenvalue weighted by Gasteiger charge is -2.22. The predicted octanol–water partition coefficient (Wildman–Crippen LogP) is 1.62. The van der Waals surface area contributed by atoms with Crippen LogP contribution in [0.2, 0.25) is 0 Å². The maximum atomic E-state index is 12.9. The molecule has 112 valence electrons. The van der Waals surface area contributed by atoms with Crippen LogP contribution in [0.15, 0.2) is 29.2 Å². The standard InChI is InChI=1S/C13H17FN2O2S.ClH/c14-11-1-3-12(4-2-11)19(17,18)16-8-6-13(10-16)5-7-15-9-13;/h1-4,15H,5-10H2;1H. The van der Waals surface area contributed by atoms with E-state index < -0.39 is 15.8 Å². The van der Waals surface area contributed by atoms with Crippen molar-refractivity contribution in [2.75, 3.05) is 26.2 Å². The Hall–Kier alpha value is -0.690. The molecule has 1 atom stereocenters. The summed E-state index contributed by atoms with van der Waals surface area (Å²) in [6.45, 7) is 2.98. The summed E-state index contributed by atoms with van der Waals surface area (Å²) >= 11 is 0. The summed E-state index contributed by atoms with van der Waals surface area (Å²) in [5, 5.41) is 3.30. The third-order valence-electron chi connectivity index (χ3n) is 4.19. The Labute approximate surface area is 124 Å². The van der Waals surface area contributed by atoms with Gasteiger partial charge in [-0.25, -0.2) is 12.8 Å². The van der Waals surface area contributed by atoms with E-state index in [2.05, 4.69) is 5.32 Å². The highest BCUT2D eigenvalue weighted by molar-refractivity contribution is 7.89. The molecule has 2 saturated heterocycles. The fourth-order valence-corrected chi connectivity index (χ4v) is 4.55. The van der Waals surface area contributed by atoms with Gasteiger partial charge in [-0.3, -0.25) is 0 Å². The van der Waals surface area contributed by atoms with Gasteiger partial charge in [-0.2, -0.15) is 4.31 Å². The van der Waals surface area contributed by atoms with E-state index in [9.17, 15) is 12.8 Å². The molecule has 1 N–H and O–H groups in total. The molecule has 0 bridgehead atoms. The normalized spacial score (nSPS) is 26.9. The fourth-order valence-electron chi connectivity index (χ4n) is 3.00. The second kappa shape index (κ2) is 5.60. The van der Waals surface area contributed by atoms with Gasteiger partial charge in [0.2, 0.25) is 10.0 Å². The van der Waals surface area contributed by atoms with E-state index in [-0.39, 0.29) is 22.7 Å². The summed E-state index contributed by atoms with van der Waals surface area (Å²) in [6.07, 6.45) is 1.93. The molecule has 2 aliphatic heterocycles. The van der Waals surface area contributed by atoms with Crippen molar-refractivity contribution in [3.63, 3.8) is 0 Å². The number of halogens is 2. The van der Waals surface area contributed by atoms with Gasteiger partial charge in [0.15, 0.2) is 0 Å². The van der Waals surface area contributed by atoms with Crippen LogP contribution in [-0.2, 0) is 10.0 Å². The van der Waals surface area contributed by atoms with E-state index in [1.54, 1.807) is 0 Å². The molecule has 0 amide bonds. The van der Waals surface area contributed by atoms with Gasteiger partial charge in [0.25, 0.3) is 0 Å². The van der Waals surface area contributed by atoms with Gasteiger partial charge in [0, 0.05) is 19.6 Å². The van der Waals surface area contributed by atoms with Crippen LogP contribution in [0.1, 0.15) is 12.8 Å². The van der Waals surface area contributed by atoms with Crippen LogP contribution in [-0.4, -0.2) is 38.9 Å². The summed E-state index contributed by atoms with van der Waals surface area (Å²) in [5.41, 5.74) is 0.104. The fraction of sp³-hybridized carbons (Fsp3) is 0.538. The van der Waals surface area contributed by atoms with E-state index >= 15 is 0 Å². The molecule has 7 heteroatoms. The number of nitrogens with one attached hydrogen (secondary N) is 1. The van der Waals surface area contributed by atoms with E-state index in [0.29, 0.717) is 13.1 Å². The van der Waals surface area contributed by atoms with Crippen molar-refractivity contribution in [1.29, 1.82) is 0 Å². The smallest absolute Gasteiger partial charge is 0.243 e. The summed E-state index contributed by atoms with van der Waals surface area (Å²) in [7, 11) is -3.48.